The van der Waals surface area contributed by atoms with Crippen LogP contribution < -0.4 is 5.32 Å². The molecule has 1 amide bonds. The number of benzene rings is 1. The maximum absolute atomic E-state index is 12.1. The van der Waals surface area contributed by atoms with Gasteiger partial charge in [0, 0.05) is 10.9 Å². The van der Waals surface area contributed by atoms with E-state index in [2.05, 4.69) is 21.2 Å². The third kappa shape index (κ3) is 2.85. The van der Waals surface area contributed by atoms with E-state index in [4.69, 9.17) is 9.68 Å². The summed E-state index contributed by atoms with van der Waals surface area (Å²) >= 11 is 3.29. The van der Waals surface area contributed by atoms with E-state index in [1.54, 1.807) is 24.3 Å². The molecule has 2 rings (SSSR count). The quantitative estimate of drug-likeness (QED) is 0.937. The lowest BCUT2D eigenvalue weighted by Crippen LogP contribution is -2.13. The Balaban J connectivity index is 2.27. The highest BCUT2D eigenvalue weighted by atomic mass is 79.9. The predicted octanol–water partition coefficient (Wildman–Crippen LogP) is 3.73. The number of furan rings is 1. The van der Waals surface area contributed by atoms with Gasteiger partial charge in [-0.25, -0.2) is 0 Å². The highest BCUT2D eigenvalue weighted by Crippen LogP contribution is 2.21. The molecular weight excluding hydrogens is 308 g/mol. The first kappa shape index (κ1) is 13.4. The molecule has 1 N–H and O–H groups in total. The number of aryl methyl sites for hydroxylation is 1. The average Bonchev–Trinajstić information content (AvgIpc) is 2.89. The van der Waals surface area contributed by atoms with Crippen LogP contribution in [0.2, 0.25) is 0 Å². The summed E-state index contributed by atoms with van der Waals surface area (Å²) in [4.78, 5) is 12.1. The van der Waals surface area contributed by atoms with Crippen molar-refractivity contribution in [3.63, 3.8) is 0 Å². The number of carbonyl (C=O) groups is 1. The van der Waals surface area contributed by atoms with E-state index in [1.165, 1.54) is 6.26 Å². The highest BCUT2D eigenvalue weighted by Gasteiger charge is 2.14. The Morgan fingerprint density at radius 1 is 1.47 bits per heavy atom. The zero-order valence-corrected chi connectivity index (χ0v) is 11.8. The van der Waals surface area contributed by atoms with Crippen molar-refractivity contribution >= 4 is 27.5 Å². The minimum atomic E-state index is -0.274. The standard InChI is InChI=1S/C14H11BrN2O2/c1-2-13-11(5-6-19-13)14(18)17-12-4-3-10(15)7-9(12)8-16/h3-7H,2H2,1H3,(H,17,18). The van der Waals surface area contributed by atoms with E-state index >= 15 is 0 Å². The number of rotatable bonds is 3. The lowest BCUT2D eigenvalue weighted by molar-refractivity contribution is 0.102. The summed E-state index contributed by atoms with van der Waals surface area (Å²) in [6, 6.07) is 8.79. The topological polar surface area (TPSA) is 66.0 Å². The molecule has 96 valence electrons. The smallest absolute Gasteiger partial charge is 0.259 e. The van der Waals surface area contributed by atoms with E-state index in [-0.39, 0.29) is 5.91 Å². The fraction of sp³-hybridized carbons (Fsp3) is 0.143. The van der Waals surface area contributed by atoms with Crippen LogP contribution in [-0.4, -0.2) is 5.91 Å². The Hall–Kier alpha value is -2.06. The van der Waals surface area contributed by atoms with Crippen molar-refractivity contribution in [1.29, 1.82) is 5.26 Å². The van der Waals surface area contributed by atoms with Crippen LogP contribution >= 0.6 is 15.9 Å². The van der Waals surface area contributed by atoms with Gasteiger partial charge in [-0.05, 0) is 24.3 Å². The first-order valence-corrected chi connectivity index (χ1v) is 6.52. The molecule has 0 aliphatic carbocycles. The van der Waals surface area contributed by atoms with Gasteiger partial charge in [-0.1, -0.05) is 22.9 Å². The van der Waals surface area contributed by atoms with Gasteiger partial charge in [0.05, 0.1) is 23.1 Å². The molecule has 1 aromatic heterocycles. The van der Waals surface area contributed by atoms with Crippen molar-refractivity contribution in [2.75, 3.05) is 5.32 Å². The van der Waals surface area contributed by atoms with Gasteiger partial charge in [0.2, 0.25) is 0 Å². The van der Waals surface area contributed by atoms with Gasteiger partial charge in [0.25, 0.3) is 5.91 Å². The molecule has 0 aliphatic heterocycles. The number of carbonyl (C=O) groups excluding carboxylic acids is 1. The summed E-state index contributed by atoms with van der Waals surface area (Å²) in [6.07, 6.45) is 2.13. The maximum Gasteiger partial charge on any atom is 0.259 e. The van der Waals surface area contributed by atoms with Crippen LogP contribution in [0.3, 0.4) is 0 Å². The molecule has 0 saturated heterocycles. The summed E-state index contributed by atoms with van der Waals surface area (Å²) in [7, 11) is 0. The first-order valence-electron chi connectivity index (χ1n) is 5.73. The van der Waals surface area contributed by atoms with Crippen LogP contribution in [0.4, 0.5) is 5.69 Å². The summed E-state index contributed by atoms with van der Waals surface area (Å²) in [6.45, 7) is 1.91. The van der Waals surface area contributed by atoms with Gasteiger partial charge < -0.3 is 9.73 Å². The molecule has 19 heavy (non-hydrogen) atoms. The molecule has 1 heterocycles. The Morgan fingerprint density at radius 2 is 2.26 bits per heavy atom. The minimum Gasteiger partial charge on any atom is -0.469 e. The van der Waals surface area contributed by atoms with Crippen LogP contribution in [0.1, 0.15) is 28.6 Å². The molecule has 5 heteroatoms. The van der Waals surface area contributed by atoms with Crippen LogP contribution in [0.5, 0.6) is 0 Å². The van der Waals surface area contributed by atoms with Gasteiger partial charge in [-0.15, -0.1) is 0 Å². The van der Waals surface area contributed by atoms with Crippen molar-refractivity contribution in [2.24, 2.45) is 0 Å². The number of nitrogens with one attached hydrogen (secondary N) is 1. The molecule has 0 radical (unpaired) electrons. The fourth-order valence-electron chi connectivity index (χ4n) is 1.72. The number of amides is 1. The normalized spacial score (nSPS) is 9.95. The van der Waals surface area contributed by atoms with Crippen LogP contribution in [0.25, 0.3) is 0 Å². The molecular formula is C14H11BrN2O2. The number of anilines is 1. The Kier molecular flexibility index (Phi) is 4.03. The van der Waals surface area contributed by atoms with Crippen molar-refractivity contribution in [3.8, 4) is 6.07 Å². The number of halogens is 1. The highest BCUT2D eigenvalue weighted by molar-refractivity contribution is 9.10. The van der Waals surface area contributed by atoms with E-state index in [0.29, 0.717) is 29.0 Å². The molecule has 0 fully saturated rings. The zero-order valence-electron chi connectivity index (χ0n) is 10.2. The second kappa shape index (κ2) is 5.72. The largest absolute Gasteiger partial charge is 0.469 e. The van der Waals surface area contributed by atoms with Crippen molar-refractivity contribution < 1.29 is 9.21 Å². The molecule has 0 saturated carbocycles. The van der Waals surface area contributed by atoms with Crippen molar-refractivity contribution in [2.45, 2.75) is 13.3 Å². The van der Waals surface area contributed by atoms with Gasteiger partial charge in [-0.2, -0.15) is 5.26 Å². The third-order valence-corrected chi connectivity index (χ3v) is 3.15. The third-order valence-electron chi connectivity index (χ3n) is 2.66. The summed E-state index contributed by atoms with van der Waals surface area (Å²) in [5, 5.41) is 11.8. The Labute approximate surface area is 119 Å². The average molecular weight is 319 g/mol. The van der Waals surface area contributed by atoms with E-state index in [0.717, 1.165) is 4.47 Å². The minimum absolute atomic E-state index is 0.274. The summed E-state index contributed by atoms with van der Waals surface area (Å²) in [5.74, 6) is 0.359. The number of hydrogen-bond acceptors (Lipinski definition) is 3. The SMILES string of the molecule is CCc1occc1C(=O)Nc1ccc(Br)cc1C#N. The van der Waals surface area contributed by atoms with E-state index in [1.807, 2.05) is 13.0 Å². The van der Waals surface area contributed by atoms with Crippen molar-refractivity contribution in [3.05, 3.63) is 51.9 Å². The fourth-order valence-corrected chi connectivity index (χ4v) is 2.09. The second-order valence-electron chi connectivity index (χ2n) is 3.87. The summed E-state index contributed by atoms with van der Waals surface area (Å²) in [5.41, 5.74) is 1.39. The lowest BCUT2D eigenvalue weighted by atomic mass is 10.1. The molecule has 0 spiro atoms. The first-order chi connectivity index (χ1) is 9.15. The van der Waals surface area contributed by atoms with E-state index < -0.39 is 0 Å². The molecule has 1 aromatic carbocycles. The zero-order chi connectivity index (χ0) is 13.8. The molecule has 0 aliphatic rings. The van der Waals surface area contributed by atoms with Crippen molar-refractivity contribution in [1.82, 2.24) is 0 Å². The molecule has 2 aromatic rings. The summed E-state index contributed by atoms with van der Waals surface area (Å²) < 4.78 is 6.01. The van der Waals surface area contributed by atoms with Gasteiger partial charge in [0.15, 0.2) is 0 Å². The predicted molar refractivity (Wildman–Crippen MR) is 74.9 cm³/mol. The lowest BCUT2D eigenvalue weighted by Gasteiger charge is -2.07. The maximum atomic E-state index is 12.1. The second-order valence-corrected chi connectivity index (χ2v) is 4.78. The monoisotopic (exact) mass is 318 g/mol. The number of hydrogen-bond donors (Lipinski definition) is 1. The number of nitrogens with zero attached hydrogens (tertiary/aromatic N) is 1. The molecule has 0 bridgehead atoms. The molecule has 0 unspecified atom stereocenters. The van der Waals surface area contributed by atoms with Crippen LogP contribution in [0.15, 0.2) is 39.4 Å². The molecule has 0 atom stereocenters. The van der Waals surface area contributed by atoms with Crippen LogP contribution in [-0.2, 0) is 6.42 Å². The molecule has 4 nitrogen and oxygen atoms in total. The number of nitriles is 1. The van der Waals surface area contributed by atoms with Crippen LogP contribution in [0, 0.1) is 11.3 Å². The Morgan fingerprint density at radius 3 is 2.95 bits per heavy atom. The van der Waals surface area contributed by atoms with E-state index in [9.17, 15) is 4.79 Å². The Bertz CT molecular complexity index is 656. The van der Waals surface area contributed by atoms with Gasteiger partial charge >= 0.3 is 0 Å². The van der Waals surface area contributed by atoms with Gasteiger partial charge in [-0.3, -0.25) is 4.79 Å². The van der Waals surface area contributed by atoms with Gasteiger partial charge in [0.1, 0.15) is 11.8 Å².